The summed E-state index contributed by atoms with van der Waals surface area (Å²) < 4.78 is 8.13. The van der Waals surface area contributed by atoms with E-state index in [0.717, 1.165) is 0 Å². The molecule has 2 aromatic carbocycles. The number of fused-ring (bicyclic) bond motifs is 1. The van der Waals surface area contributed by atoms with E-state index in [9.17, 15) is 9.59 Å². The molecule has 6 nitrogen and oxygen atoms in total. The highest BCUT2D eigenvalue weighted by Gasteiger charge is 2.16. The maximum atomic E-state index is 12.9. The summed E-state index contributed by atoms with van der Waals surface area (Å²) >= 11 is 0. The number of hydrogen-bond donors (Lipinski definition) is 1. The minimum atomic E-state index is -0.207. The summed E-state index contributed by atoms with van der Waals surface area (Å²) in [6, 6.07) is 17.9. The fourth-order valence-electron chi connectivity index (χ4n) is 3.12. The molecular formula is C20H17N3O3. The van der Waals surface area contributed by atoms with Crippen molar-refractivity contribution in [3.05, 3.63) is 86.9 Å². The van der Waals surface area contributed by atoms with Crippen LogP contribution in [0.1, 0.15) is 5.56 Å². The van der Waals surface area contributed by atoms with Crippen molar-refractivity contribution in [2.75, 3.05) is 7.11 Å². The van der Waals surface area contributed by atoms with Gasteiger partial charge in [0.2, 0.25) is 0 Å². The third-order valence-electron chi connectivity index (χ3n) is 4.39. The first-order valence-electron chi connectivity index (χ1n) is 8.17. The quantitative estimate of drug-likeness (QED) is 0.620. The minimum absolute atomic E-state index is 0.189. The van der Waals surface area contributed by atoms with E-state index in [1.165, 1.54) is 15.3 Å². The Balaban J connectivity index is 2.05. The van der Waals surface area contributed by atoms with Gasteiger partial charge in [0.1, 0.15) is 11.4 Å². The molecule has 0 amide bonds. The van der Waals surface area contributed by atoms with Gasteiger partial charge in [-0.15, -0.1) is 0 Å². The molecule has 2 aromatic heterocycles. The number of ether oxygens (including phenoxy) is 1. The molecule has 0 aliphatic heterocycles. The number of nitrogens with one attached hydrogen (secondary N) is 1. The van der Waals surface area contributed by atoms with Gasteiger partial charge in [-0.25, -0.2) is 4.68 Å². The molecule has 0 saturated heterocycles. The Kier molecular flexibility index (Phi) is 3.73. The van der Waals surface area contributed by atoms with Gasteiger partial charge in [-0.3, -0.25) is 19.3 Å². The van der Waals surface area contributed by atoms with Crippen LogP contribution in [0, 0.1) is 6.92 Å². The average Bonchev–Trinajstić information content (AvgIpc) is 3.00. The first-order valence-corrected chi connectivity index (χ1v) is 8.17. The van der Waals surface area contributed by atoms with Gasteiger partial charge in [-0.2, -0.15) is 0 Å². The van der Waals surface area contributed by atoms with Gasteiger partial charge in [-0.05, 0) is 48.9 Å². The third-order valence-corrected chi connectivity index (χ3v) is 4.39. The van der Waals surface area contributed by atoms with Crippen LogP contribution in [0.25, 0.3) is 22.4 Å². The van der Waals surface area contributed by atoms with Crippen LogP contribution in [0.15, 0.2) is 70.3 Å². The summed E-state index contributed by atoms with van der Waals surface area (Å²) in [5.74, 6) is 0.695. The molecule has 1 N–H and O–H groups in total. The molecule has 0 saturated carbocycles. The van der Waals surface area contributed by atoms with Gasteiger partial charge in [0, 0.05) is 6.07 Å². The first kappa shape index (κ1) is 16.0. The topological polar surface area (TPSA) is 69.0 Å². The molecule has 4 rings (SSSR count). The van der Waals surface area contributed by atoms with Gasteiger partial charge < -0.3 is 4.74 Å². The fraction of sp³-hybridized carbons (Fsp3) is 0.100. The zero-order valence-electron chi connectivity index (χ0n) is 14.4. The van der Waals surface area contributed by atoms with Gasteiger partial charge in [-0.1, -0.05) is 18.2 Å². The predicted molar refractivity (Wildman–Crippen MR) is 101 cm³/mol. The van der Waals surface area contributed by atoms with Crippen molar-refractivity contribution in [2.24, 2.45) is 0 Å². The van der Waals surface area contributed by atoms with Crippen LogP contribution >= 0.6 is 0 Å². The molecular weight excluding hydrogens is 330 g/mol. The van der Waals surface area contributed by atoms with Gasteiger partial charge >= 0.3 is 0 Å². The highest BCUT2D eigenvalue weighted by Crippen LogP contribution is 2.19. The second-order valence-electron chi connectivity index (χ2n) is 6.01. The van der Waals surface area contributed by atoms with Crippen LogP contribution in [-0.4, -0.2) is 21.5 Å². The number of benzene rings is 2. The maximum Gasteiger partial charge on any atom is 0.281 e. The van der Waals surface area contributed by atoms with E-state index >= 15 is 0 Å². The number of pyridine rings is 1. The Bertz CT molecular complexity index is 1200. The van der Waals surface area contributed by atoms with Crippen LogP contribution in [0.4, 0.5) is 0 Å². The number of H-pyrrole nitrogens is 1. The summed E-state index contributed by atoms with van der Waals surface area (Å²) in [5.41, 5.74) is 2.08. The molecule has 2 heterocycles. The smallest absolute Gasteiger partial charge is 0.281 e. The number of rotatable bonds is 3. The van der Waals surface area contributed by atoms with E-state index in [1.807, 2.05) is 30.3 Å². The third kappa shape index (κ3) is 2.43. The Labute approximate surface area is 148 Å². The number of nitrogens with zero attached hydrogens (tertiary/aromatic N) is 2. The van der Waals surface area contributed by atoms with E-state index in [2.05, 4.69) is 5.10 Å². The Morgan fingerprint density at radius 1 is 0.923 bits per heavy atom. The van der Waals surface area contributed by atoms with Gasteiger partial charge in [0.05, 0.1) is 23.9 Å². The number of methoxy groups -OCH3 is 1. The monoisotopic (exact) mass is 347 g/mol. The molecule has 4 aromatic rings. The molecule has 0 spiro atoms. The molecule has 0 fully saturated rings. The number of aromatic nitrogens is 3. The van der Waals surface area contributed by atoms with Crippen molar-refractivity contribution in [3.8, 4) is 17.1 Å². The summed E-state index contributed by atoms with van der Waals surface area (Å²) in [5, 5.41) is 3.58. The Morgan fingerprint density at radius 3 is 2.27 bits per heavy atom. The van der Waals surface area contributed by atoms with Crippen LogP contribution in [0.2, 0.25) is 0 Å². The van der Waals surface area contributed by atoms with Gasteiger partial charge in [0.25, 0.3) is 11.1 Å². The second-order valence-corrected chi connectivity index (χ2v) is 6.01. The summed E-state index contributed by atoms with van der Waals surface area (Å²) in [7, 11) is 1.59. The lowest BCUT2D eigenvalue weighted by molar-refractivity contribution is 0.414. The van der Waals surface area contributed by atoms with E-state index < -0.39 is 0 Å². The lowest BCUT2D eigenvalue weighted by Gasteiger charge is -2.09. The molecule has 0 unspecified atom stereocenters. The second kappa shape index (κ2) is 6.07. The number of aryl methyl sites for hydroxylation is 1. The number of aromatic amines is 1. The van der Waals surface area contributed by atoms with Crippen molar-refractivity contribution in [1.29, 1.82) is 0 Å². The molecule has 0 radical (unpaired) electrons. The van der Waals surface area contributed by atoms with Crippen molar-refractivity contribution in [3.63, 3.8) is 0 Å². The summed E-state index contributed by atoms with van der Waals surface area (Å²) in [6.45, 7) is 1.77. The highest BCUT2D eigenvalue weighted by molar-refractivity contribution is 5.80. The number of hydrogen-bond acceptors (Lipinski definition) is 3. The number of para-hydroxylation sites is 1. The van der Waals surface area contributed by atoms with Crippen molar-refractivity contribution < 1.29 is 4.74 Å². The lowest BCUT2D eigenvalue weighted by Crippen LogP contribution is -2.19. The highest BCUT2D eigenvalue weighted by atomic mass is 16.5. The zero-order valence-corrected chi connectivity index (χ0v) is 14.4. The molecule has 6 heteroatoms. The first-order chi connectivity index (χ1) is 12.6. The Morgan fingerprint density at radius 2 is 1.62 bits per heavy atom. The van der Waals surface area contributed by atoms with E-state index in [1.54, 1.807) is 38.3 Å². The molecule has 130 valence electrons. The van der Waals surface area contributed by atoms with E-state index in [4.69, 9.17) is 4.74 Å². The van der Waals surface area contributed by atoms with Crippen molar-refractivity contribution in [1.82, 2.24) is 14.3 Å². The summed E-state index contributed by atoms with van der Waals surface area (Å²) in [6.07, 6.45) is 0. The normalized spacial score (nSPS) is 11.0. The molecule has 0 bridgehead atoms. The zero-order chi connectivity index (χ0) is 18.3. The van der Waals surface area contributed by atoms with Crippen LogP contribution in [0.3, 0.4) is 0 Å². The average molecular weight is 347 g/mol. The largest absolute Gasteiger partial charge is 0.497 e. The maximum absolute atomic E-state index is 12.9. The van der Waals surface area contributed by atoms with Crippen molar-refractivity contribution >= 4 is 11.0 Å². The van der Waals surface area contributed by atoms with E-state index in [-0.39, 0.29) is 11.1 Å². The molecule has 0 aliphatic rings. The van der Waals surface area contributed by atoms with Crippen LogP contribution in [-0.2, 0) is 0 Å². The van der Waals surface area contributed by atoms with Crippen LogP contribution in [0.5, 0.6) is 5.75 Å². The summed E-state index contributed by atoms with van der Waals surface area (Å²) in [4.78, 5) is 25.6. The van der Waals surface area contributed by atoms with E-state index in [0.29, 0.717) is 33.7 Å². The van der Waals surface area contributed by atoms with Crippen LogP contribution < -0.4 is 15.9 Å². The Hall–Kier alpha value is -3.54. The molecule has 0 aliphatic carbocycles. The van der Waals surface area contributed by atoms with Crippen molar-refractivity contribution in [2.45, 2.75) is 6.92 Å². The predicted octanol–water partition coefficient (Wildman–Crippen LogP) is 2.79. The SMILES string of the molecule is COc1ccc(-n2c(=O)cc(C)c3c(=O)n(-c4ccccc4)[nH]c32)cc1. The fourth-order valence-corrected chi connectivity index (χ4v) is 3.12. The van der Waals surface area contributed by atoms with Gasteiger partial charge in [0.15, 0.2) is 0 Å². The molecule has 0 atom stereocenters. The minimum Gasteiger partial charge on any atom is -0.497 e. The molecule has 26 heavy (non-hydrogen) atoms. The standard InChI is InChI=1S/C20H17N3O3/c1-13-12-17(24)22(14-8-10-16(26-2)11-9-14)19-18(13)20(25)23(21-19)15-6-4-3-5-7-15/h3-12,21H,1-2H3. The lowest BCUT2D eigenvalue weighted by atomic mass is 10.2.